The summed E-state index contributed by atoms with van der Waals surface area (Å²) in [6, 6.07) is -0.490. The van der Waals surface area contributed by atoms with Crippen molar-refractivity contribution in [2.75, 3.05) is 11.1 Å². The van der Waals surface area contributed by atoms with Crippen molar-refractivity contribution in [1.82, 2.24) is 14.9 Å². The first-order chi connectivity index (χ1) is 9.09. The number of thioether (sulfide) groups is 1. The standard InChI is InChI=1S/C10H9ClN4O3S/c11-4-3-19-8-5(14-10-12-1-2-13-10)7(16)15(8)6(4)9(17)18/h1-2,5,8H,3H2,(H,17,18)(H2,12,13,14)/t5?,8-/m1/s1. The van der Waals surface area contributed by atoms with E-state index in [0.29, 0.717) is 11.7 Å². The van der Waals surface area contributed by atoms with Crippen LogP contribution in [0.3, 0.4) is 0 Å². The minimum Gasteiger partial charge on any atom is -0.477 e. The molecule has 0 saturated carbocycles. The van der Waals surface area contributed by atoms with E-state index in [1.54, 1.807) is 12.4 Å². The molecule has 2 aliphatic heterocycles. The summed E-state index contributed by atoms with van der Waals surface area (Å²) in [5.74, 6) is -0.631. The number of anilines is 1. The van der Waals surface area contributed by atoms with Crippen LogP contribution in [0.1, 0.15) is 0 Å². The normalized spacial score (nSPS) is 25.9. The van der Waals surface area contributed by atoms with Crippen molar-refractivity contribution in [2.45, 2.75) is 11.4 Å². The number of nitrogens with one attached hydrogen (secondary N) is 2. The molecule has 0 radical (unpaired) electrons. The Balaban J connectivity index is 1.82. The Bertz CT molecular complexity index is 573. The van der Waals surface area contributed by atoms with Crippen molar-refractivity contribution in [3.8, 4) is 0 Å². The monoisotopic (exact) mass is 300 g/mol. The third-order valence-corrected chi connectivity index (χ3v) is 4.67. The van der Waals surface area contributed by atoms with Crippen LogP contribution in [-0.4, -0.2) is 49.0 Å². The molecular formula is C10H9ClN4O3S. The Morgan fingerprint density at radius 1 is 1.68 bits per heavy atom. The maximum atomic E-state index is 12.0. The smallest absolute Gasteiger partial charge is 0.353 e. The SMILES string of the molecule is O=C(O)C1=C(Cl)CS[C@@H]2C(Nc3ncc[nH]3)C(=O)N12. The summed E-state index contributed by atoms with van der Waals surface area (Å²) in [4.78, 5) is 31.2. The van der Waals surface area contributed by atoms with Crippen LogP contribution < -0.4 is 5.32 Å². The summed E-state index contributed by atoms with van der Waals surface area (Å²) in [7, 11) is 0. The highest BCUT2D eigenvalue weighted by Gasteiger charge is 2.53. The molecule has 9 heteroatoms. The molecule has 1 unspecified atom stereocenters. The molecule has 2 atom stereocenters. The van der Waals surface area contributed by atoms with Crippen LogP contribution in [0, 0.1) is 0 Å². The number of hydrogen-bond donors (Lipinski definition) is 3. The van der Waals surface area contributed by atoms with Gasteiger partial charge in [-0.2, -0.15) is 0 Å². The number of carbonyl (C=O) groups excluding carboxylic acids is 1. The summed E-state index contributed by atoms with van der Waals surface area (Å²) in [5.41, 5.74) is -0.118. The number of amides is 1. The van der Waals surface area contributed by atoms with E-state index in [1.165, 1.54) is 16.7 Å². The van der Waals surface area contributed by atoms with Gasteiger partial charge in [-0.1, -0.05) is 11.6 Å². The Kier molecular flexibility index (Phi) is 2.90. The van der Waals surface area contributed by atoms with E-state index in [2.05, 4.69) is 15.3 Å². The van der Waals surface area contributed by atoms with Gasteiger partial charge < -0.3 is 15.4 Å². The van der Waals surface area contributed by atoms with Crippen molar-refractivity contribution in [3.05, 3.63) is 23.1 Å². The van der Waals surface area contributed by atoms with Gasteiger partial charge in [-0.15, -0.1) is 11.8 Å². The maximum Gasteiger partial charge on any atom is 0.353 e. The van der Waals surface area contributed by atoms with Gasteiger partial charge >= 0.3 is 5.97 Å². The fourth-order valence-corrected chi connectivity index (χ4v) is 3.62. The highest BCUT2D eigenvalue weighted by atomic mass is 35.5. The van der Waals surface area contributed by atoms with E-state index in [4.69, 9.17) is 16.7 Å². The average Bonchev–Trinajstić information content (AvgIpc) is 2.88. The molecule has 3 heterocycles. The molecular weight excluding hydrogens is 292 g/mol. The molecule has 0 spiro atoms. The molecule has 0 aliphatic carbocycles. The first-order valence-corrected chi connectivity index (χ1v) is 6.85. The second-order valence-corrected chi connectivity index (χ2v) is 5.59. The van der Waals surface area contributed by atoms with Crippen molar-refractivity contribution < 1.29 is 14.7 Å². The molecule has 3 N–H and O–H groups in total. The lowest BCUT2D eigenvalue weighted by molar-refractivity contribution is -0.147. The van der Waals surface area contributed by atoms with Crippen LogP contribution in [0.2, 0.25) is 0 Å². The number of halogens is 1. The lowest BCUT2D eigenvalue weighted by Crippen LogP contribution is -2.67. The van der Waals surface area contributed by atoms with Crippen molar-refractivity contribution >= 4 is 41.2 Å². The van der Waals surface area contributed by atoms with E-state index in [1.807, 2.05) is 0 Å². The fourth-order valence-electron chi connectivity index (χ4n) is 2.07. The fraction of sp³-hybridized carbons (Fsp3) is 0.300. The average molecular weight is 301 g/mol. The number of rotatable bonds is 3. The van der Waals surface area contributed by atoms with Gasteiger partial charge in [0, 0.05) is 18.1 Å². The van der Waals surface area contributed by atoms with E-state index >= 15 is 0 Å². The summed E-state index contributed by atoms with van der Waals surface area (Å²) >= 11 is 7.30. The van der Waals surface area contributed by atoms with Crippen molar-refractivity contribution in [2.24, 2.45) is 0 Å². The molecule has 19 heavy (non-hydrogen) atoms. The molecule has 1 aromatic rings. The second-order valence-electron chi connectivity index (χ2n) is 4.03. The number of H-pyrrole nitrogens is 1. The zero-order valence-electron chi connectivity index (χ0n) is 9.46. The Morgan fingerprint density at radius 2 is 2.47 bits per heavy atom. The maximum absolute atomic E-state index is 12.0. The Hall–Kier alpha value is -1.67. The highest BCUT2D eigenvalue weighted by Crippen LogP contribution is 2.42. The van der Waals surface area contributed by atoms with Gasteiger partial charge in [0.1, 0.15) is 17.1 Å². The van der Waals surface area contributed by atoms with Crippen LogP contribution >= 0.6 is 23.4 Å². The molecule has 1 amide bonds. The zero-order valence-corrected chi connectivity index (χ0v) is 11.0. The molecule has 1 saturated heterocycles. The number of β-lactam (4-membered cyclic amide) rings is 1. The minimum atomic E-state index is -1.18. The largest absolute Gasteiger partial charge is 0.477 e. The van der Waals surface area contributed by atoms with E-state index in [9.17, 15) is 9.59 Å². The van der Waals surface area contributed by atoms with Gasteiger partial charge in [0.15, 0.2) is 0 Å². The van der Waals surface area contributed by atoms with Crippen LogP contribution in [0.15, 0.2) is 23.1 Å². The van der Waals surface area contributed by atoms with Crippen LogP contribution in [0.25, 0.3) is 0 Å². The zero-order chi connectivity index (χ0) is 13.6. The molecule has 0 aromatic carbocycles. The number of fused-ring (bicyclic) bond motifs is 1. The van der Waals surface area contributed by atoms with Gasteiger partial charge in [0.25, 0.3) is 5.91 Å². The van der Waals surface area contributed by atoms with Gasteiger partial charge in [-0.3, -0.25) is 9.69 Å². The van der Waals surface area contributed by atoms with E-state index < -0.39 is 12.0 Å². The van der Waals surface area contributed by atoms with Gasteiger partial charge in [-0.05, 0) is 0 Å². The molecule has 100 valence electrons. The van der Waals surface area contributed by atoms with E-state index in [-0.39, 0.29) is 22.0 Å². The predicted molar refractivity (Wildman–Crippen MR) is 69.6 cm³/mol. The molecule has 2 aliphatic rings. The molecule has 7 nitrogen and oxygen atoms in total. The molecule has 1 aromatic heterocycles. The summed E-state index contributed by atoms with van der Waals surface area (Å²) in [5, 5.41) is 12.0. The topological polar surface area (TPSA) is 98.3 Å². The first-order valence-electron chi connectivity index (χ1n) is 5.42. The predicted octanol–water partition coefficient (Wildman–Crippen LogP) is 0.640. The number of aromatic nitrogens is 2. The number of hydrogen-bond acceptors (Lipinski definition) is 5. The number of carbonyl (C=O) groups is 2. The molecule has 0 bridgehead atoms. The third-order valence-electron chi connectivity index (χ3n) is 2.91. The number of aliphatic carboxylic acids is 1. The number of carboxylic acids is 1. The minimum absolute atomic E-state index is 0.118. The van der Waals surface area contributed by atoms with Gasteiger partial charge in [-0.25, -0.2) is 9.78 Å². The lowest BCUT2D eigenvalue weighted by atomic mass is 10.1. The Labute approximate surface area is 117 Å². The van der Waals surface area contributed by atoms with Crippen molar-refractivity contribution in [1.29, 1.82) is 0 Å². The molecule has 3 rings (SSSR count). The van der Waals surface area contributed by atoms with Gasteiger partial charge in [0.05, 0.1) is 5.03 Å². The summed E-state index contributed by atoms with van der Waals surface area (Å²) in [6.45, 7) is 0. The summed E-state index contributed by atoms with van der Waals surface area (Å²) < 4.78 is 0. The van der Waals surface area contributed by atoms with E-state index in [0.717, 1.165) is 0 Å². The Morgan fingerprint density at radius 3 is 3.11 bits per heavy atom. The van der Waals surface area contributed by atoms with Crippen LogP contribution in [0.5, 0.6) is 0 Å². The van der Waals surface area contributed by atoms with Crippen LogP contribution in [-0.2, 0) is 9.59 Å². The third kappa shape index (κ3) is 1.87. The van der Waals surface area contributed by atoms with Crippen LogP contribution in [0.4, 0.5) is 5.95 Å². The number of imidazole rings is 1. The summed E-state index contributed by atoms with van der Waals surface area (Å²) in [6.07, 6.45) is 3.20. The van der Waals surface area contributed by atoms with Crippen molar-refractivity contribution in [3.63, 3.8) is 0 Å². The quantitative estimate of drug-likeness (QED) is 0.709. The highest BCUT2D eigenvalue weighted by molar-refractivity contribution is 8.00. The van der Waals surface area contributed by atoms with Gasteiger partial charge in [0.2, 0.25) is 5.95 Å². The number of nitrogens with zero attached hydrogens (tertiary/aromatic N) is 2. The number of carboxylic acid groups (broad SMARTS) is 1. The second kappa shape index (κ2) is 4.46. The lowest BCUT2D eigenvalue weighted by Gasteiger charge is -2.48. The first kappa shape index (κ1) is 12.4. The number of aromatic amines is 1. The molecule has 1 fully saturated rings.